The maximum absolute atomic E-state index is 15.6. The first-order valence-electron chi connectivity index (χ1n) is 13.8. The molecule has 0 saturated carbocycles. The van der Waals surface area contributed by atoms with Crippen LogP contribution in [0, 0.1) is 11.8 Å². The minimum Gasteiger partial charge on any atom is -0.497 e. The molecular formula is C31H36F4N2O3. The van der Waals surface area contributed by atoms with E-state index in [0.29, 0.717) is 61.0 Å². The van der Waals surface area contributed by atoms with E-state index in [9.17, 15) is 23.1 Å². The number of piperidine rings is 1. The monoisotopic (exact) mass is 560 g/mol. The SMILES string of the molecule is COc1ccc2nccc([C@@H](F)CCC3CCN(CCCc4cccc(C(F)(F)F)c4)CC3CCC(=O)O)c2c1. The Labute approximate surface area is 232 Å². The van der Waals surface area contributed by atoms with Crippen LogP contribution in [-0.2, 0) is 17.4 Å². The number of carbonyl (C=O) groups is 1. The molecule has 0 spiro atoms. The normalized spacial score (nSPS) is 19.0. The number of hydrogen-bond donors (Lipinski definition) is 1. The van der Waals surface area contributed by atoms with Gasteiger partial charge in [0.1, 0.15) is 11.9 Å². The molecule has 5 nitrogen and oxygen atoms in total. The number of halogens is 4. The first kappa shape index (κ1) is 29.8. The van der Waals surface area contributed by atoms with Gasteiger partial charge in [-0.3, -0.25) is 9.78 Å². The number of benzene rings is 2. The number of carboxylic acids is 1. The van der Waals surface area contributed by atoms with Crippen LogP contribution >= 0.6 is 0 Å². The lowest BCUT2D eigenvalue weighted by atomic mass is 9.79. The van der Waals surface area contributed by atoms with Crippen molar-refractivity contribution in [2.75, 3.05) is 26.7 Å². The Morgan fingerprint density at radius 3 is 2.73 bits per heavy atom. The van der Waals surface area contributed by atoms with Crippen LogP contribution in [-0.4, -0.2) is 47.7 Å². The molecule has 3 atom stereocenters. The van der Waals surface area contributed by atoms with Gasteiger partial charge >= 0.3 is 12.1 Å². The molecule has 40 heavy (non-hydrogen) atoms. The smallest absolute Gasteiger partial charge is 0.416 e. The average Bonchev–Trinajstić information content (AvgIpc) is 2.94. The minimum absolute atomic E-state index is 0.0626. The number of fused-ring (bicyclic) bond motifs is 1. The van der Waals surface area contributed by atoms with Gasteiger partial charge in [0.25, 0.3) is 0 Å². The van der Waals surface area contributed by atoms with Crippen LogP contribution in [0.4, 0.5) is 17.6 Å². The predicted octanol–water partition coefficient (Wildman–Crippen LogP) is 7.49. The summed E-state index contributed by atoms with van der Waals surface area (Å²) in [6, 6.07) is 12.6. The van der Waals surface area contributed by atoms with Crippen molar-refractivity contribution < 1.29 is 32.2 Å². The van der Waals surface area contributed by atoms with E-state index in [1.807, 2.05) is 6.07 Å². The summed E-state index contributed by atoms with van der Waals surface area (Å²) < 4.78 is 59.9. The Balaban J connectivity index is 1.34. The largest absolute Gasteiger partial charge is 0.497 e. The fourth-order valence-electron chi connectivity index (χ4n) is 5.85. The van der Waals surface area contributed by atoms with Crippen LogP contribution in [0.1, 0.15) is 61.4 Å². The van der Waals surface area contributed by atoms with Crippen molar-refractivity contribution in [1.82, 2.24) is 9.88 Å². The van der Waals surface area contributed by atoms with Gasteiger partial charge in [-0.25, -0.2) is 4.39 Å². The number of carboxylic acid groups (broad SMARTS) is 1. The fraction of sp³-hybridized carbons (Fsp3) is 0.484. The second-order valence-electron chi connectivity index (χ2n) is 10.7. The lowest BCUT2D eigenvalue weighted by Gasteiger charge is -2.39. The molecule has 216 valence electrons. The molecule has 1 aromatic heterocycles. The topological polar surface area (TPSA) is 62.7 Å². The second kappa shape index (κ2) is 13.4. The third-order valence-corrected chi connectivity index (χ3v) is 8.01. The summed E-state index contributed by atoms with van der Waals surface area (Å²) in [6.07, 6.45) is -0.258. The van der Waals surface area contributed by atoms with E-state index < -0.39 is 23.9 Å². The zero-order valence-corrected chi connectivity index (χ0v) is 22.7. The molecule has 4 rings (SSSR count). The van der Waals surface area contributed by atoms with Crippen molar-refractivity contribution in [1.29, 1.82) is 0 Å². The van der Waals surface area contributed by atoms with Crippen molar-refractivity contribution in [3.05, 3.63) is 71.4 Å². The molecular weight excluding hydrogens is 524 g/mol. The Morgan fingerprint density at radius 1 is 1.15 bits per heavy atom. The van der Waals surface area contributed by atoms with Crippen LogP contribution in [0.5, 0.6) is 5.75 Å². The molecule has 2 heterocycles. The van der Waals surface area contributed by atoms with E-state index in [1.165, 1.54) is 12.1 Å². The Bertz CT molecular complexity index is 1280. The average molecular weight is 561 g/mol. The molecule has 1 aliphatic heterocycles. The summed E-state index contributed by atoms with van der Waals surface area (Å²) >= 11 is 0. The lowest BCUT2D eigenvalue weighted by Crippen LogP contribution is -2.41. The summed E-state index contributed by atoms with van der Waals surface area (Å²) in [5, 5.41) is 10.0. The molecule has 3 aromatic rings. The molecule has 1 aliphatic rings. The molecule has 0 amide bonds. The Hall–Kier alpha value is -3.20. The van der Waals surface area contributed by atoms with Crippen LogP contribution < -0.4 is 4.74 Å². The fourth-order valence-corrected chi connectivity index (χ4v) is 5.85. The molecule has 1 N–H and O–H groups in total. The maximum atomic E-state index is 15.6. The first-order valence-corrected chi connectivity index (χ1v) is 13.8. The van der Waals surface area contributed by atoms with Gasteiger partial charge in [0.2, 0.25) is 0 Å². The van der Waals surface area contributed by atoms with Crippen LogP contribution in [0.25, 0.3) is 10.9 Å². The lowest BCUT2D eigenvalue weighted by molar-refractivity contribution is -0.138. The molecule has 0 aliphatic carbocycles. The summed E-state index contributed by atoms with van der Waals surface area (Å²) in [7, 11) is 1.57. The van der Waals surface area contributed by atoms with Crippen LogP contribution in [0.3, 0.4) is 0 Å². The minimum atomic E-state index is -4.36. The number of methoxy groups -OCH3 is 1. The molecule has 9 heteroatoms. The first-order chi connectivity index (χ1) is 19.1. The number of rotatable bonds is 12. The van der Waals surface area contributed by atoms with Gasteiger partial charge in [0, 0.05) is 24.5 Å². The van der Waals surface area contributed by atoms with E-state index in [1.54, 1.807) is 37.6 Å². The highest BCUT2D eigenvalue weighted by atomic mass is 19.4. The summed E-state index contributed by atoms with van der Waals surface area (Å²) in [5.41, 5.74) is 1.31. The van der Waals surface area contributed by atoms with Gasteiger partial charge in [-0.15, -0.1) is 0 Å². The number of aromatic nitrogens is 1. The van der Waals surface area contributed by atoms with Gasteiger partial charge in [0.05, 0.1) is 18.2 Å². The quantitative estimate of drug-likeness (QED) is 0.233. The highest BCUT2D eigenvalue weighted by molar-refractivity contribution is 5.83. The van der Waals surface area contributed by atoms with Crippen molar-refractivity contribution in [3.63, 3.8) is 0 Å². The van der Waals surface area contributed by atoms with Gasteiger partial charge in [-0.05, 0) is 105 Å². The predicted molar refractivity (Wildman–Crippen MR) is 146 cm³/mol. The number of aryl methyl sites for hydroxylation is 1. The maximum Gasteiger partial charge on any atom is 0.416 e. The summed E-state index contributed by atoms with van der Waals surface area (Å²) in [6.45, 7) is 2.25. The van der Waals surface area contributed by atoms with E-state index >= 15 is 4.39 Å². The molecule has 0 bridgehead atoms. The van der Waals surface area contributed by atoms with E-state index in [4.69, 9.17) is 4.74 Å². The molecule has 1 fully saturated rings. The zero-order chi connectivity index (χ0) is 28.7. The second-order valence-corrected chi connectivity index (χ2v) is 10.7. The third kappa shape index (κ3) is 7.93. The number of likely N-dealkylation sites (tertiary alicyclic amines) is 1. The van der Waals surface area contributed by atoms with E-state index in [0.717, 1.165) is 31.0 Å². The highest BCUT2D eigenvalue weighted by Gasteiger charge is 2.31. The number of pyridine rings is 1. The van der Waals surface area contributed by atoms with Crippen molar-refractivity contribution >= 4 is 16.9 Å². The van der Waals surface area contributed by atoms with Crippen LogP contribution in [0.2, 0.25) is 0 Å². The number of hydrogen-bond acceptors (Lipinski definition) is 4. The molecule has 0 radical (unpaired) electrons. The van der Waals surface area contributed by atoms with Gasteiger partial charge in [-0.1, -0.05) is 18.2 Å². The number of nitrogens with zero attached hydrogens (tertiary/aromatic N) is 2. The standard InChI is InChI=1S/C31H36F4N2O3/c1-40-25-9-11-29-27(19-25)26(13-15-36-29)28(32)10-7-22-14-17-37(20-23(22)8-12-30(38)39)16-3-5-21-4-2-6-24(18-21)31(33,34)35/h2,4,6,9,11,13,15,18-19,22-23,28H,3,5,7-8,10,12,14,16-17,20H2,1H3,(H,38,39)/t22?,23?,28-/m0/s1. The third-order valence-electron chi connectivity index (χ3n) is 8.01. The van der Waals surface area contributed by atoms with Gasteiger partial charge < -0.3 is 14.7 Å². The van der Waals surface area contributed by atoms with E-state index in [-0.39, 0.29) is 18.3 Å². The summed E-state index contributed by atoms with van der Waals surface area (Å²) in [5.74, 6) is 0.129. The van der Waals surface area contributed by atoms with Crippen molar-refractivity contribution in [2.45, 2.75) is 57.3 Å². The van der Waals surface area contributed by atoms with Gasteiger partial charge in [-0.2, -0.15) is 13.2 Å². The number of aliphatic carboxylic acids is 1. The molecule has 2 unspecified atom stereocenters. The Kier molecular flexibility index (Phi) is 10.0. The van der Waals surface area contributed by atoms with Crippen molar-refractivity contribution in [3.8, 4) is 5.75 Å². The van der Waals surface area contributed by atoms with Crippen molar-refractivity contribution in [2.24, 2.45) is 11.8 Å². The van der Waals surface area contributed by atoms with E-state index in [2.05, 4.69) is 9.88 Å². The Morgan fingerprint density at radius 2 is 1.98 bits per heavy atom. The van der Waals surface area contributed by atoms with Crippen LogP contribution in [0.15, 0.2) is 54.7 Å². The molecule has 1 saturated heterocycles. The number of alkyl halides is 4. The zero-order valence-electron chi connectivity index (χ0n) is 22.7. The van der Waals surface area contributed by atoms with Gasteiger partial charge in [0.15, 0.2) is 0 Å². The highest BCUT2D eigenvalue weighted by Crippen LogP contribution is 2.37. The molecule has 2 aromatic carbocycles. The summed E-state index contributed by atoms with van der Waals surface area (Å²) in [4.78, 5) is 17.9. The number of ether oxygens (including phenoxy) is 1.